The Kier molecular flexibility index (Phi) is 4.14. The number of pyridine rings is 1. The first-order valence-corrected chi connectivity index (χ1v) is 8.74. The van der Waals surface area contributed by atoms with E-state index in [0.717, 1.165) is 23.4 Å². The van der Waals surface area contributed by atoms with E-state index in [1.54, 1.807) is 12.3 Å². The molecule has 3 heterocycles. The quantitative estimate of drug-likeness (QED) is 0.828. The minimum atomic E-state index is -0.00784. The molecule has 4 nitrogen and oxygen atoms in total. The summed E-state index contributed by atoms with van der Waals surface area (Å²) >= 11 is 6.33. The van der Waals surface area contributed by atoms with Crippen LogP contribution in [0.1, 0.15) is 28.0 Å². The highest BCUT2D eigenvalue weighted by Crippen LogP contribution is 2.29. The van der Waals surface area contributed by atoms with E-state index in [2.05, 4.69) is 9.98 Å². The van der Waals surface area contributed by atoms with Crippen LogP contribution in [0.15, 0.2) is 58.7 Å². The molecule has 0 N–H and O–H groups in total. The van der Waals surface area contributed by atoms with Crippen molar-refractivity contribution in [3.8, 4) is 0 Å². The first-order chi connectivity index (χ1) is 12.1. The fourth-order valence-corrected chi connectivity index (χ4v) is 3.63. The Morgan fingerprint density at radius 1 is 1.20 bits per heavy atom. The van der Waals surface area contributed by atoms with Gasteiger partial charge in [0.2, 0.25) is 0 Å². The van der Waals surface area contributed by atoms with Gasteiger partial charge in [0, 0.05) is 19.3 Å². The molecule has 0 saturated carbocycles. The molecule has 0 fully saturated rings. The molecule has 5 heteroatoms. The second-order valence-corrected chi connectivity index (χ2v) is 6.75. The number of aromatic nitrogens is 1. The average Bonchev–Trinajstić information content (AvgIpc) is 3.07. The van der Waals surface area contributed by atoms with E-state index in [1.165, 1.54) is 11.1 Å². The summed E-state index contributed by atoms with van der Waals surface area (Å²) in [5, 5.41) is 0.545. The Morgan fingerprint density at radius 3 is 2.88 bits per heavy atom. The number of carbonyl (C=O) groups excluding carboxylic acids is 1. The summed E-state index contributed by atoms with van der Waals surface area (Å²) in [6, 6.07) is 11.5. The highest BCUT2D eigenvalue weighted by atomic mass is 35.5. The maximum absolute atomic E-state index is 12.9. The van der Waals surface area contributed by atoms with Gasteiger partial charge in [-0.25, -0.2) is 0 Å². The SMILES string of the molecule is Cc1cccc(C(=O)N2CCC3=C(CN=C3c3ccccn3)C2)c1Cl. The van der Waals surface area contributed by atoms with Crippen LogP contribution in [0.5, 0.6) is 0 Å². The van der Waals surface area contributed by atoms with E-state index in [4.69, 9.17) is 11.6 Å². The minimum Gasteiger partial charge on any atom is -0.334 e. The number of halogens is 1. The number of aliphatic imine (C=N–C) groups is 1. The first-order valence-electron chi connectivity index (χ1n) is 8.36. The van der Waals surface area contributed by atoms with Crippen LogP contribution in [0.25, 0.3) is 0 Å². The van der Waals surface area contributed by atoms with Crippen molar-refractivity contribution >= 4 is 23.2 Å². The van der Waals surface area contributed by atoms with E-state index in [1.807, 2.05) is 42.2 Å². The fraction of sp³-hybridized carbons (Fsp3) is 0.250. The van der Waals surface area contributed by atoms with Gasteiger partial charge in [0.25, 0.3) is 5.91 Å². The summed E-state index contributed by atoms with van der Waals surface area (Å²) in [5.74, 6) is -0.00784. The lowest BCUT2D eigenvalue weighted by atomic mass is 9.96. The second-order valence-electron chi connectivity index (χ2n) is 6.38. The molecule has 0 saturated heterocycles. The van der Waals surface area contributed by atoms with Gasteiger partial charge in [0.1, 0.15) is 0 Å². The molecular formula is C20H18ClN3O. The number of hydrogen-bond acceptors (Lipinski definition) is 3. The van der Waals surface area contributed by atoms with Crippen molar-refractivity contribution in [2.24, 2.45) is 4.99 Å². The zero-order chi connectivity index (χ0) is 17.4. The molecule has 0 bridgehead atoms. The van der Waals surface area contributed by atoms with Gasteiger partial charge in [-0.05, 0) is 48.3 Å². The molecular weight excluding hydrogens is 334 g/mol. The number of carbonyl (C=O) groups is 1. The molecule has 25 heavy (non-hydrogen) atoms. The number of hydrogen-bond donors (Lipinski definition) is 0. The van der Waals surface area contributed by atoms with E-state index in [9.17, 15) is 4.79 Å². The Bertz CT molecular complexity index is 902. The lowest BCUT2D eigenvalue weighted by molar-refractivity contribution is 0.0765. The fourth-order valence-electron chi connectivity index (χ4n) is 3.42. The monoisotopic (exact) mass is 351 g/mol. The van der Waals surface area contributed by atoms with Gasteiger partial charge in [-0.3, -0.25) is 14.8 Å². The number of aryl methyl sites for hydroxylation is 1. The van der Waals surface area contributed by atoms with Gasteiger partial charge in [-0.2, -0.15) is 0 Å². The number of nitrogens with zero attached hydrogens (tertiary/aromatic N) is 3. The van der Waals surface area contributed by atoms with Crippen molar-refractivity contribution in [1.29, 1.82) is 0 Å². The van der Waals surface area contributed by atoms with Gasteiger partial charge in [-0.1, -0.05) is 29.8 Å². The van der Waals surface area contributed by atoms with Gasteiger partial charge >= 0.3 is 0 Å². The van der Waals surface area contributed by atoms with Crippen LogP contribution < -0.4 is 0 Å². The molecule has 0 unspecified atom stereocenters. The number of benzene rings is 1. The first kappa shape index (κ1) is 16.0. The predicted octanol–water partition coefficient (Wildman–Crippen LogP) is 3.69. The molecule has 1 aromatic heterocycles. The molecule has 2 aromatic rings. The van der Waals surface area contributed by atoms with Gasteiger partial charge < -0.3 is 4.90 Å². The van der Waals surface area contributed by atoms with Crippen molar-refractivity contribution in [3.63, 3.8) is 0 Å². The van der Waals surface area contributed by atoms with Crippen LogP contribution in [0.3, 0.4) is 0 Å². The van der Waals surface area contributed by atoms with Gasteiger partial charge in [0.05, 0.1) is 28.5 Å². The predicted molar refractivity (Wildman–Crippen MR) is 99.4 cm³/mol. The Morgan fingerprint density at radius 2 is 2.08 bits per heavy atom. The van der Waals surface area contributed by atoms with Crippen LogP contribution in [0, 0.1) is 6.92 Å². The average molecular weight is 352 g/mol. The van der Waals surface area contributed by atoms with E-state index < -0.39 is 0 Å². The molecule has 0 atom stereocenters. The van der Waals surface area contributed by atoms with Gasteiger partial charge in [0.15, 0.2) is 0 Å². The molecule has 0 radical (unpaired) electrons. The van der Waals surface area contributed by atoms with Crippen LogP contribution >= 0.6 is 11.6 Å². The van der Waals surface area contributed by atoms with Crippen LogP contribution in [0.2, 0.25) is 5.02 Å². The summed E-state index contributed by atoms with van der Waals surface area (Å²) in [5.41, 5.74) is 5.85. The van der Waals surface area contributed by atoms with E-state index in [-0.39, 0.29) is 5.91 Å². The maximum Gasteiger partial charge on any atom is 0.255 e. The Balaban J connectivity index is 1.57. The summed E-state index contributed by atoms with van der Waals surface area (Å²) < 4.78 is 0. The zero-order valence-electron chi connectivity index (χ0n) is 14.0. The third kappa shape index (κ3) is 2.87. The lowest BCUT2D eigenvalue weighted by Gasteiger charge is -2.29. The van der Waals surface area contributed by atoms with Crippen molar-refractivity contribution in [3.05, 3.63) is 75.6 Å². The Labute approximate surface area is 151 Å². The van der Waals surface area contributed by atoms with Crippen molar-refractivity contribution in [1.82, 2.24) is 9.88 Å². The Hall–Kier alpha value is -2.46. The molecule has 1 amide bonds. The van der Waals surface area contributed by atoms with Crippen LogP contribution in [-0.2, 0) is 0 Å². The molecule has 126 valence electrons. The summed E-state index contributed by atoms with van der Waals surface area (Å²) in [6.07, 6.45) is 2.59. The molecule has 2 aliphatic heterocycles. The normalized spacial score (nSPS) is 16.7. The maximum atomic E-state index is 12.9. The second kappa shape index (κ2) is 6.45. The molecule has 4 rings (SSSR count). The van der Waals surface area contributed by atoms with Crippen LogP contribution in [-0.4, -0.2) is 41.1 Å². The lowest BCUT2D eigenvalue weighted by Crippen LogP contribution is -2.38. The third-order valence-corrected chi connectivity index (χ3v) is 5.27. The highest BCUT2D eigenvalue weighted by Gasteiger charge is 2.30. The summed E-state index contributed by atoms with van der Waals surface area (Å²) in [4.78, 5) is 23.8. The molecule has 2 aliphatic rings. The number of rotatable bonds is 2. The van der Waals surface area contributed by atoms with Crippen LogP contribution in [0.4, 0.5) is 0 Å². The minimum absolute atomic E-state index is 0.00784. The molecule has 1 aromatic carbocycles. The standard InChI is InChI=1S/C20H18ClN3O/c1-13-5-4-6-16(18(13)21)20(25)24-10-8-15-14(12-24)11-23-19(15)17-7-2-3-9-22-17/h2-7,9H,8,10-12H2,1H3. The summed E-state index contributed by atoms with van der Waals surface area (Å²) in [6.45, 7) is 3.85. The highest BCUT2D eigenvalue weighted by molar-refractivity contribution is 6.34. The molecule has 0 aliphatic carbocycles. The smallest absolute Gasteiger partial charge is 0.255 e. The van der Waals surface area contributed by atoms with Crippen molar-refractivity contribution in [2.75, 3.05) is 19.6 Å². The largest absolute Gasteiger partial charge is 0.334 e. The molecule has 0 spiro atoms. The zero-order valence-corrected chi connectivity index (χ0v) is 14.8. The van der Waals surface area contributed by atoms with Crippen molar-refractivity contribution < 1.29 is 4.79 Å². The van der Waals surface area contributed by atoms with E-state index >= 15 is 0 Å². The van der Waals surface area contributed by atoms with Crippen molar-refractivity contribution in [2.45, 2.75) is 13.3 Å². The third-order valence-electron chi connectivity index (χ3n) is 4.77. The van der Waals surface area contributed by atoms with E-state index in [0.29, 0.717) is 30.2 Å². The van der Waals surface area contributed by atoms with Gasteiger partial charge in [-0.15, -0.1) is 0 Å². The topological polar surface area (TPSA) is 45.6 Å². The number of amides is 1. The summed E-state index contributed by atoms with van der Waals surface area (Å²) in [7, 11) is 0.